The molecule has 23 heavy (non-hydrogen) atoms. The first-order valence-electron chi connectivity index (χ1n) is 7.15. The van der Waals surface area contributed by atoms with Crippen molar-refractivity contribution in [2.24, 2.45) is 5.10 Å². The number of halogens is 1. The van der Waals surface area contributed by atoms with E-state index in [4.69, 9.17) is 0 Å². The molecule has 3 nitrogen and oxygen atoms in total. The first-order chi connectivity index (χ1) is 11.2. The third kappa shape index (κ3) is 3.74. The van der Waals surface area contributed by atoms with Gasteiger partial charge in [0.15, 0.2) is 0 Å². The van der Waals surface area contributed by atoms with Gasteiger partial charge in [-0.15, -0.1) is 0 Å². The normalized spacial score (nSPS) is 10.8. The summed E-state index contributed by atoms with van der Waals surface area (Å²) in [4.78, 5) is 0. The summed E-state index contributed by atoms with van der Waals surface area (Å²) in [6.07, 6.45) is 1.55. The second kappa shape index (κ2) is 6.75. The molecule has 3 aromatic carbocycles. The van der Waals surface area contributed by atoms with Gasteiger partial charge in [-0.2, -0.15) is 5.10 Å². The Morgan fingerprint density at radius 2 is 1.57 bits per heavy atom. The standard InChI is InChI=1S/C19H15FN2O/c20-17-9-6-14(7-10-17)15-8-11-19(23)16(12-15)13-21-22-18-4-2-1-3-5-18/h1-13,22-23H. The number of nitrogens with zero attached hydrogens (tertiary/aromatic N) is 1. The lowest BCUT2D eigenvalue weighted by Crippen LogP contribution is -1.91. The smallest absolute Gasteiger partial charge is 0.124 e. The van der Waals surface area contributed by atoms with Crippen molar-refractivity contribution in [1.29, 1.82) is 0 Å². The van der Waals surface area contributed by atoms with Gasteiger partial charge in [0.1, 0.15) is 11.6 Å². The lowest BCUT2D eigenvalue weighted by Gasteiger charge is -2.05. The quantitative estimate of drug-likeness (QED) is 0.544. The van der Waals surface area contributed by atoms with E-state index in [1.54, 1.807) is 36.5 Å². The minimum atomic E-state index is -0.277. The third-order valence-corrected chi connectivity index (χ3v) is 3.38. The predicted octanol–water partition coefficient (Wildman–Crippen LogP) is 4.64. The van der Waals surface area contributed by atoms with Crippen LogP contribution >= 0.6 is 0 Å². The van der Waals surface area contributed by atoms with Crippen LogP contribution < -0.4 is 5.43 Å². The molecule has 0 aliphatic heterocycles. The SMILES string of the molecule is Oc1ccc(-c2ccc(F)cc2)cc1C=NNc1ccccc1. The number of benzene rings is 3. The zero-order valence-electron chi connectivity index (χ0n) is 12.3. The highest BCUT2D eigenvalue weighted by molar-refractivity contribution is 5.86. The van der Waals surface area contributed by atoms with E-state index in [9.17, 15) is 9.50 Å². The van der Waals surface area contributed by atoms with Crippen LogP contribution in [0.15, 0.2) is 77.9 Å². The summed E-state index contributed by atoms with van der Waals surface area (Å²) in [6.45, 7) is 0. The summed E-state index contributed by atoms with van der Waals surface area (Å²) in [7, 11) is 0. The number of phenolic OH excluding ortho intramolecular Hbond substituents is 1. The van der Waals surface area contributed by atoms with E-state index in [-0.39, 0.29) is 11.6 Å². The maximum atomic E-state index is 13.0. The zero-order chi connectivity index (χ0) is 16.1. The van der Waals surface area contributed by atoms with Gasteiger partial charge in [-0.1, -0.05) is 36.4 Å². The number of para-hydroxylation sites is 1. The Hall–Kier alpha value is -3.14. The lowest BCUT2D eigenvalue weighted by molar-refractivity contribution is 0.474. The largest absolute Gasteiger partial charge is 0.507 e. The molecular formula is C19H15FN2O. The van der Waals surface area contributed by atoms with E-state index in [0.717, 1.165) is 16.8 Å². The number of aromatic hydroxyl groups is 1. The number of rotatable bonds is 4. The van der Waals surface area contributed by atoms with Crippen LogP contribution in [0.3, 0.4) is 0 Å². The van der Waals surface area contributed by atoms with Crippen LogP contribution in [0, 0.1) is 5.82 Å². The number of nitrogens with one attached hydrogen (secondary N) is 1. The molecule has 0 bridgehead atoms. The highest BCUT2D eigenvalue weighted by Gasteiger charge is 2.03. The minimum Gasteiger partial charge on any atom is -0.507 e. The molecule has 0 heterocycles. The molecule has 3 rings (SSSR count). The highest BCUT2D eigenvalue weighted by Crippen LogP contribution is 2.25. The van der Waals surface area contributed by atoms with Crippen molar-refractivity contribution in [3.63, 3.8) is 0 Å². The van der Waals surface area contributed by atoms with Gasteiger partial charge < -0.3 is 5.11 Å². The van der Waals surface area contributed by atoms with Crippen molar-refractivity contribution in [1.82, 2.24) is 0 Å². The van der Waals surface area contributed by atoms with Crippen molar-refractivity contribution in [2.45, 2.75) is 0 Å². The van der Waals surface area contributed by atoms with Gasteiger partial charge >= 0.3 is 0 Å². The van der Waals surface area contributed by atoms with Crippen LogP contribution in [-0.2, 0) is 0 Å². The maximum absolute atomic E-state index is 13.0. The van der Waals surface area contributed by atoms with Gasteiger partial charge in [-0.25, -0.2) is 4.39 Å². The molecule has 4 heteroatoms. The number of hydrogen-bond donors (Lipinski definition) is 2. The molecule has 0 amide bonds. The van der Waals surface area contributed by atoms with Gasteiger partial charge in [0.05, 0.1) is 11.9 Å². The van der Waals surface area contributed by atoms with Gasteiger partial charge in [0.25, 0.3) is 0 Å². The fourth-order valence-corrected chi connectivity index (χ4v) is 2.17. The van der Waals surface area contributed by atoms with Crippen LogP contribution in [0.5, 0.6) is 5.75 Å². The summed E-state index contributed by atoms with van der Waals surface area (Å²) >= 11 is 0. The summed E-state index contributed by atoms with van der Waals surface area (Å²) in [5.41, 5.74) is 6.08. The molecule has 2 N–H and O–H groups in total. The molecule has 0 saturated heterocycles. The van der Waals surface area contributed by atoms with Crippen molar-refractivity contribution in [3.8, 4) is 16.9 Å². The number of hydrogen-bond acceptors (Lipinski definition) is 3. The van der Waals surface area contributed by atoms with Crippen molar-refractivity contribution in [2.75, 3.05) is 5.43 Å². The molecule has 0 aliphatic carbocycles. The molecule has 114 valence electrons. The minimum absolute atomic E-state index is 0.134. The number of phenols is 1. The Morgan fingerprint density at radius 1 is 0.870 bits per heavy atom. The molecule has 0 aliphatic rings. The maximum Gasteiger partial charge on any atom is 0.124 e. The molecule has 0 unspecified atom stereocenters. The third-order valence-electron chi connectivity index (χ3n) is 3.38. The van der Waals surface area contributed by atoms with Crippen LogP contribution in [0.2, 0.25) is 0 Å². The molecule has 0 spiro atoms. The van der Waals surface area contributed by atoms with Crippen LogP contribution in [0.4, 0.5) is 10.1 Å². The van der Waals surface area contributed by atoms with E-state index in [1.165, 1.54) is 12.1 Å². The average molecular weight is 306 g/mol. The van der Waals surface area contributed by atoms with E-state index >= 15 is 0 Å². The Kier molecular flexibility index (Phi) is 4.34. The zero-order valence-corrected chi connectivity index (χ0v) is 12.3. The predicted molar refractivity (Wildman–Crippen MR) is 91.2 cm³/mol. The van der Waals surface area contributed by atoms with Crippen LogP contribution in [0.1, 0.15) is 5.56 Å². The van der Waals surface area contributed by atoms with E-state index in [2.05, 4.69) is 10.5 Å². The Morgan fingerprint density at radius 3 is 2.30 bits per heavy atom. The van der Waals surface area contributed by atoms with Gasteiger partial charge in [-0.3, -0.25) is 5.43 Å². The number of hydrazone groups is 1. The second-order valence-electron chi connectivity index (χ2n) is 5.02. The van der Waals surface area contributed by atoms with Gasteiger partial charge in [0, 0.05) is 5.56 Å². The lowest BCUT2D eigenvalue weighted by atomic mass is 10.0. The Balaban J connectivity index is 1.82. The van der Waals surface area contributed by atoms with Crippen molar-refractivity contribution in [3.05, 3.63) is 84.2 Å². The topological polar surface area (TPSA) is 44.6 Å². The molecule has 0 radical (unpaired) electrons. The molecule has 0 saturated carbocycles. The molecular weight excluding hydrogens is 291 g/mol. The van der Waals surface area contributed by atoms with E-state index in [0.29, 0.717) is 5.56 Å². The molecule has 0 fully saturated rings. The average Bonchev–Trinajstić information content (AvgIpc) is 2.58. The fraction of sp³-hybridized carbons (Fsp3) is 0. The van der Waals surface area contributed by atoms with E-state index < -0.39 is 0 Å². The van der Waals surface area contributed by atoms with Crippen LogP contribution in [0.25, 0.3) is 11.1 Å². The molecule has 3 aromatic rings. The van der Waals surface area contributed by atoms with Crippen molar-refractivity contribution < 1.29 is 9.50 Å². The Labute approximate surface area is 133 Å². The second-order valence-corrected chi connectivity index (χ2v) is 5.02. The summed E-state index contributed by atoms with van der Waals surface area (Å²) in [5.74, 6) is -0.143. The highest BCUT2D eigenvalue weighted by atomic mass is 19.1. The van der Waals surface area contributed by atoms with Gasteiger partial charge in [0.2, 0.25) is 0 Å². The first kappa shape index (κ1) is 14.8. The van der Waals surface area contributed by atoms with E-state index in [1.807, 2.05) is 30.3 Å². The summed E-state index contributed by atoms with van der Waals surface area (Å²) in [6, 6.07) is 20.9. The monoisotopic (exact) mass is 306 g/mol. The summed E-state index contributed by atoms with van der Waals surface area (Å²) < 4.78 is 13.0. The fourth-order valence-electron chi connectivity index (χ4n) is 2.17. The number of anilines is 1. The summed E-state index contributed by atoms with van der Waals surface area (Å²) in [5, 5.41) is 14.1. The van der Waals surface area contributed by atoms with Crippen LogP contribution in [-0.4, -0.2) is 11.3 Å². The Bertz CT molecular complexity index is 815. The first-order valence-corrected chi connectivity index (χ1v) is 7.15. The van der Waals surface area contributed by atoms with Gasteiger partial charge in [-0.05, 0) is 47.5 Å². The molecule has 0 aromatic heterocycles. The van der Waals surface area contributed by atoms with Crippen molar-refractivity contribution >= 4 is 11.9 Å². The molecule has 0 atom stereocenters.